The Labute approximate surface area is 107 Å². The van der Waals surface area contributed by atoms with Crippen LogP contribution >= 0.6 is 0 Å². The molecule has 2 rings (SSSR count). The standard InChI is InChI=1S/C14H19NO3/c1-10-12(5-2-6-13(10)16)15-14(17)8-7-11-4-3-9-18-11/h2,5-6,11,16H,3-4,7-9H2,1H3,(H,15,17). The highest BCUT2D eigenvalue weighted by Crippen LogP contribution is 2.24. The van der Waals surface area contributed by atoms with E-state index < -0.39 is 0 Å². The van der Waals surface area contributed by atoms with Gasteiger partial charge in [-0.25, -0.2) is 0 Å². The second-order valence-electron chi connectivity index (χ2n) is 4.67. The molecule has 0 radical (unpaired) electrons. The maximum absolute atomic E-state index is 11.8. The average molecular weight is 249 g/mol. The maximum atomic E-state index is 11.8. The summed E-state index contributed by atoms with van der Waals surface area (Å²) < 4.78 is 5.48. The monoisotopic (exact) mass is 249 g/mol. The molecule has 1 saturated heterocycles. The normalized spacial score (nSPS) is 18.8. The van der Waals surface area contributed by atoms with Crippen LogP contribution in [0.25, 0.3) is 0 Å². The summed E-state index contributed by atoms with van der Waals surface area (Å²) in [5, 5.41) is 12.4. The average Bonchev–Trinajstić information content (AvgIpc) is 2.86. The van der Waals surface area contributed by atoms with E-state index in [0.717, 1.165) is 25.9 Å². The summed E-state index contributed by atoms with van der Waals surface area (Å²) >= 11 is 0. The van der Waals surface area contributed by atoms with E-state index in [9.17, 15) is 9.90 Å². The number of carbonyl (C=O) groups excluding carboxylic acids is 1. The summed E-state index contributed by atoms with van der Waals surface area (Å²) in [7, 11) is 0. The van der Waals surface area contributed by atoms with Crippen LogP contribution in [0, 0.1) is 6.92 Å². The third kappa shape index (κ3) is 3.23. The minimum Gasteiger partial charge on any atom is -0.508 e. The fourth-order valence-electron chi connectivity index (χ4n) is 2.14. The lowest BCUT2D eigenvalue weighted by atomic mass is 10.1. The Hall–Kier alpha value is -1.55. The second-order valence-corrected chi connectivity index (χ2v) is 4.67. The van der Waals surface area contributed by atoms with Crippen molar-refractivity contribution in [2.45, 2.75) is 38.7 Å². The molecule has 1 amide bonds. The van der Waals surface area contributed by atoms with Crippen molar-refractivity contribution < 1.29 is 14.6 Å². The summed E-state index contributed by atoms with van der Waals surface area (Å²) in [4.78, 5) is 11.8. The summed E-state index contributed by atoms with van der Waals surface area (Å²) in [5.74, 6) is 0.172. The Morgan fingerprint density at radius 1 is 1.56 bits per heavy atom. The highest BCUT2D eigenvalue weighted by Gasteiger charge is 2.17. The molecule has 0 saturated carbocycles. The third-order valence-electron chi connectivity index (χ3n) is 3.30. The molecule has 1 atom stereocenters. The molecule has 1 aliphatic heterocycles. The number of rotatable bonds is 4. The Kier molecular flexibility index (Phi) is 4.20. The molecule has 98 valence electrons. The Bertz CT molecular complexity index is 425. The highest BCUT2D eigenvalue weighted by atomic mass is 16.5. The van der Waals surface area contributed by atoms with E-state index in [1.54, 1.807) is 25.1 Å². The van der Waals surface area contributed by atoms with Crippen molar-refractivity contribution in [3.63, 3.8) is 0 Å². The summed E-state index contributed by atoms with van der Waals surface area (Å²) in [6, 6.07) is 5.12. The Morgan fingerprint density at radius 2 is 2.39 bits per heavy atom. The number of carbonyl (C=O) groups is 1. The van der Waals surface area contributed by atoms with Gasteiger partial charge in [0.05, 0.1) is 6.10 Å². The molecule has 0 aliphatic carbocycles. The van der Waals surface area contributed by atoms with Crippen LogP contribution in [0.1, 0.15) is 31.2 Å². The molecule has 1 fully saturated rings. The van der Waals surface area contributed by atoms with Gasteiger partial charge in [0.1, 0.15) is 5.75 Å². The molecule has 1 heterocycles. The fraction of sp³-hybridized carbons (Fsp3) is 0.500. The van der Waals surface area contributed by atoms with Crippen molar-refractivity contribution >= 4 is 11.6 Å². The van der Waals surface area contributed by atoms with Gasteiger partial charge in [-0.3, -0.25) is 4.79 Å². The minimum absolute atomic E-state index is 0.0285. The number of hydrogen-bond donors (Lipinski definition) is 2. The molecular weight excluding hydrogens is 230 g/mol. The number of aromatic hydroxyl groups is 1. The fourth-order valence-corrected chi connectivity index (χ4v) is 2.14. The zero-order chi connectivity index (χ0) is 13.0. The number of benzene rings is 1. The van der Waals surface area contributed by atoms with Crippen molar-refractivity contribution in [2.24, 2.45) is 0 Å². The van der Waals surface area contributed by atoms with E-state index in [-0.39, 0.29) is 17.8 Å². The number of nitrogens with one attached hydrogen (secondary N) is 1. The number of hydrogen-bond acceptors (Lipinski definition) is 3. The summed E-state index contributed by atoms with van der Waals surface area (Å²) in [5.41, 5.74) is 1.37. The van der Waals surface area contributed by atoms with Crippen molar-refractivity contribution in [3.8, 4) is 5.75 Å². The van der Waals surface area contributed by atoms with Crippen LogP contribution in [0.2, 0.25) is 0 Å². The predicted molar refractivity (Wildman–Crippen MR) is 69.7 cm³/mol. The molecule has 4 heteroatoms. The smallest absolute Gasteiger partial charge is 0.224 e. The second kappa shape index (κ2) is 5.87. The van der Waals surface area contributed by atoms with Gasteiger partial charge in [-0.2, -0.15) is 0 Å². The van der Waals surface area contributed by atoms with Crippen LogP contribution in [-0.2, 0) is 9.53 Å². The Balaban J connectivity index is 1.84. The zero-order valence-electron chi connectivity index (χ0n) is 10.6. The molecular formula is C14H19NO3. The largest absolute Gasteiger partial charge is 0.508 e. The molecule has 1 aromatic rings. The van der Waals surface area contributed by atoms with Crippen LogP contribution in [0.15, 0.2) is 18.2 Å². The number of amides is 1. The maximum Gasteiger partial charge on any atom is 0.224 e. The van der Waals surface area contributed by atoms with Crippen LogP contribution in [0.3, 0.4) is 0 Å². The van der Waals surface area contributed by atoms with Crippen molar-refractivity contribution in [1.82, 2.24) is 0 Å². The first-order valence-corrected chi connectivity index (χ1v) is 6.37. The lowest BCUT2D eigenvalue weighted by Gasteiger charge is -2.11. The van der Waals surface area contributed by atoms with E-state index in [4.69, 9.17) is 4.74 Å². The van der Waals surface area contributed by atoms with Gasteiger partial charge in [0, 0.05) is 24.3 Å². The first kappa shape index (κ1) is 12.9. The lowest BCUT2D eigenvalue weighted by Crippen LogP contribution is -2.15. The zero-order valence-corrected chi connectivity index (χ0v) is 10.6. The van der Waals surface area contributed by atoms with Crippen LogP contribution < -0.4 is 5.32 Å². The van der Waals surface area contributed by atoms with E-state index in [0.29, 0.717) is 17.7 Å². The van der Waals surface area contributed by atoms with E-state index >= 15 is 0 Å². The quantitative estimate of drug-likeness (QED) is 0.862. The minimum atomic E-state index is -0.0285. The van der Waals surface area contributed by atoms with E-state index in [1.807, 2.05) is 0 Å². The van der Waals surface area contributed by atoms with Gasteiger partial charge in [-0.1, -0.05) is 6.07 Å². The van der Waals surface area contributed by atoms with Gasteiger partial charge in [0.2, 0.25) is 5.91 Å². The van der Waals surface area contributed by atoms with Crippen LogP contribution in [0.4, 0.5) is 5.69 Å². The van der Waals surface area contributed by atoms with Crippen molar-refractivity contribution in [2.75, 3.05) is 11.9 Å². The van der Waals surface area contributed by atoms with Gasteiger partial charge >= 0.3 is 0 Å². The van der Waals surface area contributed by atoms with Gasteiger partial charge in [0.15, 0.2) is 0 Å². The molecule has 2 N–H and O–H groups in total. The molecule has 0 spiro atoms. The number of phenols is 1. The van der Waals surface area contributed by atoms with Gasteiger partial charge in [-0.15, -0.1) is 0 Å². The first-order chi connectivity index (χ1) is 8.66. The number of anilines is 1. The molecule has 18 heavy (non-hydrogen) atoms. The number of ether oxygens (including phenoxy) is 1. The van der Waals surface area contributed by atoms with Gasteiger partial charge in [0.25, 0.3) is 0 Å². The SMILES string of the molecule is Cc1c(O)cccc1NC(=O)CCC1CCCO1. The van der Waals surface area contributed by atoms with Gasteiger partial charge in [-0.05, 0) is 38.3 Å². The lowest BCUT2D eigenvalue weighted by molar-refractivity contribution is -0.116. The van der Waals surface area contributed by atoms with Gasteiger partial charge < -0.3 is 15.2 Å². The highest BCUT2D eigenvalue weighted by molar-refractivity contribution is 5.91. The van der Waals surface area contributed by atoms with E-state index in [2.05, 4.69) is 5.32 Å². The predicted octanol–water partition coefficient (Wildman–Crippen LogP) is 2.60. The van der Waals surface area contributed by atoms with Crippen LogP contribution in [-0.4, -0.2) is 23.7 Å². The van der Waals surface area contributed by atoms with Crippen molar-refractivity contribution in [1.29, 1.82) is 0 Å². The van der Waals surface area contributed by atoms with Crippen LogP contribution in [0.5, 0.6) is 5.75 Å². The summed E-state index contributed by atoms with van der Waals surface area (Å²) in [6.45, 7) is 2.60. The molecule has 4 nitrogen and oxygen atoms in total. The topological polar surface area (TPSA) is 58.6 Å². The molecule has 1 aromatic carbocycles. The molecule has 0 aromatic heterocycles. The molecule has 1 unspecified atom stereocenters. The number of phenolic OH excluding ortho intramolecular Hbond substituents is 1. The van der Waals surface area contributed by atoms with E-state index in [1.165, 1.54) is 0 Å². The molecule has 1 aliphatic rings. The summed E-state index contributed by atoms with van der Waals surface area (Å²) in [6.07, 6.45) is 3.61. The first-order valence-electron chi connectivity index (χ1n) is 6.37. The molecule has 0 bridgehead atoms. The Morgan fingerprint density at radius 3 is 3.11 bits per heavy atom. The van der Waals surface area contributed by atoms with Crippen molar-refractivity contribution in [3.05, 3.63) is 23.8 Å². The third-order valence-corrected chi connectivity index (χ3v) is 3.30.